The molecule has 0 aliphatic carbocycles. The minimum atomic E-state index is -0.734. The van der Waals surface area contributed by atoms with Crippen molar-refractivity contribution in [2.24, 2.45) is 5.16 Å². The Labute approximate surface area is 62.4 Å². The summed E-state index contributed by atoms with van der Waals surface area (Å²) in [5.74, 6) is -1.24. The fraction of sp³-hybridized carbons (Fsp3) is 0. The van der Waals surface area contributed by atoms with Crippen LogP contribution in [0, 0.1) is 5.82 Å². The van der Waals surface area contributed by atoms with E-state index >= 15 is 0 Å². The van der Waals surface area contributed by atoms with Crippen molar-refractivity contribution >= 4 is 6.21 Å². The second-order valence-corrected chi connectivity index (χ2v) is 1.92. The molecule has 1 aromatic carbocycles. The van der Waals surface area contributed by atoms with Crippen molar-refractivity contribution in [2.75, 3.05) is 0 Å². The molecule has 0 aliphatic heterocycles. The number of hydrogen-bond acceptors (Lipinski definition) is 3. The summed E-state index contributed by atoms with van der Waals surface area (Å²) in [4.78, 5) is 0. The van der Waals surface area contributed by atoms with Gasteiger partial charge in [-0.15, -0.1) is 0 Å². The van der Waals surface area contributed by atoms with E-state index in [4.69, 9.17) is 10.3 Å². The van der Waals surface area contributed by atoms with Crippen molar-refractivity contribution in [3.8, 4) is 5.75 Å². The second kappa shape index (κ2) is 3.01. The maximum atomic E-state index is 12.5. The predicted molar refractivity (Wildman–Crippen MR) is 37.4 cm³/mol. The monoisotopic (exact) mass is 155 g/mol. The number of oxime groups is 1. The van der Waals surface area contributed by atoms with E-state index in [0.29, 0.717) is 0 Å². The Balaban J connectivity index is 3.16. The second-order valence-electron chi connectivity index (χ2n) is 1.92. The molecule has 0 saturated heterocycles. The van der Waals surface area contributed by atoms with Gasteiger partial charge in [0, 0.05) is 5.56 Å². The molecule has 0 aromatic heterocycles. The molecule has 0 aliphatic rings. The van der Waals surface area contributed by atoms with E-state index in [9.17, 15) is 4.39 Å². The van der Waals surface area contributed by atoms with Gasteiger partial charge in [0.2, 0.25) is 0 Å². The summed E-state index contributed by atoms with van der Waals surface area (Å²) in [6.45, 7) is 0. The summed E-state index contributed by atoms with van der Waals surface area (Å²) in [6.07, 6.45) is 0.957. The highest BCUT2D eigenvalue weighted by Gasteiger charge is 2.02. The van der Waals surface area contributed by atoms with Gasteiger partial charge in [-0.05, 0) is 12.1 Å². The van der Waals surface area contributed by atoms with Gasteiger partial charge in [-0.25, -0.2) is 4.39 Å². The average molecular weight is 155 g/mol. The van der Waals surface area contributed by atoms with Crippen LogP contribution in [-0.2, 0) is 0 Å². The minimum absolute atomic E-state index is 0.146. The van der Waals surface area contributed by atoms with Gasteiger partial charge in [0.25, 0.3) is 0 Å². The standard InChI is InChI=1S/C7H6FNO2/c8-6-3-1-2-5(4-9-11)7(6)10/h1-4,10-11H/b9-4+. The Morgan fingerprint density at radius 3 is 2.82 bits per heavy atom. The van der Waals surface area contributed by atoms with E-state index in [1.807, 2.05) is 0 Å². The molecule has 0 spiro atoms. The first-order valence-electron chi connectivity index (χ1n) is 2.90. The van der Waals surface area contributed by atoms with Crippen LogP contribution in [0.3, 0.4) is 0 Å². The third-order valence-corrected chi connectivity index (χ3v) is 1.21. The van der Waals surface area contributed by atoms with E-state index in [1.165, 1.54) is 12.1 Å². The zero-order valence-corrected chi connectivity index (χ0v) is 5.53. The third-order valence-electron chi connectivity index (χ3n) is 1.21. The molecule has 2 N–H and O–H groups in total. The molecular weight excluding hydrogens is 149 g/mol. The van der Waals surface area contributed by atoms with Gasteiger partial charge in [-0.1, -0.05) is 11.2 Å². The van der Waals surface area contributed by atoms with E-state index < -0.39 is 11.6 Å². The largest absolute Gasteiger partial charge is 0.504 e. The molecule has 0 amide bonds. The number of nitrogens with zero attached hydrogens (tertiary/aromatic N) is 1. The molecule has 0 unspecified atom stereocenters. The number of aromatic hydroxyl groups is 1. The van der Waals surface area contributed by atoms with E-state index in [-0.39, 0.29) is 5.56 Å². The Hall–Kier alpha value is -1.58. The molecule has 0 bridgehead atoms. The van der Waals surface area contributed by atoms with Gasteiger partial charge in [-0.3, -0.25) is 0 Å². The molecule has 0 saturated carbocycles. The van der Waals surface area contributed by atoms with Crippen molar-refractivity contribution < 1.29 is 14.7 Å². The summed E-state index contributed by atoms with van der Waals surface area (Å²) >= 11 is 0. The zero-order chi connectivity index (χ0) is 8.27. The van der Waals surface area contributed by atoms with E-state index in [0.717, 1.165) is 12.3 Å². The Bertz CT molecular complexity index is 286. The normalized spacial score (nSPS) is 10.6. The molecule has 0 radical (unpaired) electrons. The van der Waals surface area contributed by atoms with Gasteiger partial charge in [0.15, 0.2) is 11.6 Å². The maximum absolute atomic E-state index is 12.5. The predicted octanol–water partition coefficient (Wildman–Crippen LogP) is 1.34. The van der Waals surface area contributed by atoms with Crippen LogP contribution in [0.1, 0.15) is 5.56 Å². The number of rotatable bonds is 1. The molecule has 3 nitrogen and oxygen atoms in total. The number of para-hydroxylation sites is 1. The molecule has 0 heterocycles. The lowest BCUT2D eigenvalue weighted by Crippen LogP contribution is -1.84. The first kappa shape index (κ1) is 7.53. The summed E-state index contributed by atoms with van der Waals surface area (Å²) in [7, 11) is 0. The van der Waals surface area contributed by atoms with Gasteiger partial charge < -0.3 is 10.3 Å². The highest BCUT2D eigenvalue weighted by Crippen LogP contribution is 2.18. The highest BCUT2D eigenvalue weighted by atomic mass is 19.1. The van der Waals surface area contributed by atoms with Crippen LogP contribution < -0.4 is 0 Å². The van der Waals surface area contributed by atoms with Crippen LogP contribution in [0.5, 0.6) is 5.75 Å². The van der Waals surface area contributed by atoms with Crippen molar-refractivity contribution in [2.45, 2.75) is 0 Å². The molecular formula is C7H6FNO2. The Kier molecular flexibility index (Phi) is 2.06. The van der Waals surface area contributed by atoms with Crippen LogP contribution in [-0.4, -0.2) is 16.5 Å². The number of benzene rings is 1. The first-order valence-corrected chi connectivity index (χ1v) is 2.90. The summed E-state index contributed by atoms with van der Waals surface area (Å²) < 4.78 is 12.5. The van der Waals surface area contributed by atoms with Crippen molar-refractivity contribution in [1.29, 1.82) is 0 Å². The lowest BCUT2D eigenvalue weighted by Gasteiger charge is -1.96. The summed E-state index contributed by atoms with van der Waals surface area (Å²) in [5.41, 5.74) is 0.146. The van der Waals surface area contributed by atoms with Crippen LogP contribution in [0.25, 0.3) is 0 Å². The molecule has 0 atom stereocenters. The minimum Gasteiger partial charge on any atom is -0.504 e. The molecule has 4 heteroatoms. The van der Waals surface area contributed by atoms with Crippen LogP contribution in [0.4, 0.5) is 4.39 Å². The number of halogens is 1. The van der Waals surface area contributed by atoms with E-state index in [1.54, 1.807) is 0 Å². The lowest BCUT2D eigenvalue weighted by molar-refractivity contribution is 0.321. The van der Waals surface area contributed by atoms with Crippen LogP contribution in [0.2, 0.25) is 0 Å². The Morgan fingerprint density at radius 1 is 1.45 bits per heavy atom. The fourth-order valence-electron chi connectivity index (χ4n) is 0.698. The molecule has 11 heavy (non-hydrogen) atoms. The van der Waals surface area contributed by atoms with Crippen LogP contribution >= 0.6 is 0 Å². The van der Waals surface area contributed by atoms with Gasteiger partial charge in [0.05, 0.1) is 6.21 Å². The first-order chi connectivity index (χ1) is 5.25. The lowest BCUT2D eigenvalue weighted by atomic mass is 10.2. The number of hydrogen-bond donors (Lipinski definition) is 2. The topological polar surface area (TPSA) is 52.8 Å². The van der Waals surface area contributed by atoms with Crippen molar-refractivity contribution in [3.63, 3.8) is 0 Å². The molecule has 58 valence electrons. The maximum Gasteiger partial charge on any atom is 0.165 e. The SMILES string of the molecule is O/N=C/c1cccc(F)c1O. The third kappa shape index (κ3) is 1.46. The number of phenols is 1. The van der Waals surface area contributed by atoms with Gasteiger partial charge >= 0.3 is 0 Å². The van der Waals surface area contributed by atoms with Gasteiger partial charge in [0.1, 0.15) is 0 Å². The highest BCUT2D eigenvalue weighted by molar-refractivity contribution is 5.82. The van der Waals surface area contributed by atoms with E-state index in [2.05, 4.69) is 5.16 Å². The molecule has 1 aromatic rings. The van der Waals surface area contributed by atoms with Crippen molar-refractivity contribution in [1.82, 2.24) is 0 Å². The summed E-state index contributed by atoms with van der Waals surface area (Å²) in [6, 6.07) is 3.95. The smallest absolute Gasteiger partial charge is 0.165 e. The molecule has 1 rings (SSSR count). The summed E-state index contributed by atoms with van der Waals surface area (Å²) in [5, 5.41) is 19.7. The Morgan fingerprint density at radius 2 is 2.18 bits per heavy atom. The molecule has 0 fully saturated rings. The fourth-order valence-corrected chi connectivity index (χ4v) is 0.698. The van der Waals surface area contributed by atoms with Crippen LogP contribution in [0.15, 0.2) is 23.4 Å². The quantitative estimate of drug-likeness (QED) is 0.365. The average Bonchev–Trinajstić information content (AvgIpc) is 1.99. The number of phenolic OH excluding ortho intramolecular Hbond substituents is 1. The zero-order valence-electron chi connectivity index (χ0n) is 5.53. The van der Waals surface area contributed by atoms with Gasteiger partial charge in [-0.2, -0.15) is 0 Å². The van der Waals surface area contributed by atoms with Crippen molar-refractivity contribution in [3.05, 3.63) is 29.6 Å².